The molecule has 0 bridgehead atoms. The molecule has 2 amide bonds. The Balaban J connectivity index is 1.13. The average Bonchev–Trinajstić information content (AvgIpc) is 3.28. The zero-order chi connectivity index (χ0) is 31.0. The van der Waals surface area contributed by atoms with Gasteiger partial charge < -0.3 is 24.6 Å². The maximum Gasteiger partial charge on any atom is 0.258 e. The first-order chi connectivity index (χ1) is 22.1. The average molecular weight is 598 g/mol. The van der Waals surface area contributed by atoms with Crippen molar-refractivity contribution >= 4 is 28.9 Å². The lowest BCUT2D eigenvalue weighted by Gasteiger charge is -2.27. The Labute approximate surface area is 263 Å². The molecule has 226 valence electrons. The first-order valence-electron chi connectivity index (χ1n) is 15.1. The molecule has 1 aliphatic rings. The molecular formula is C38H35N3O4. The quantitative estimate of drug-likeness (QED) is 0.190. The number of para-hydroxylation sites is 2. The SMILES string of the molecule is COc1ccc(OCCN2CCCN(C(=O)c3ccc(NC(=O)c4ccccc4-c4ccccc4)cc3)c3ccccc32)cc1. The minimum atomic E-state index is -0.203. The Morgan fingerprint density at radius 2 is 1.38 bits per heavy atom. The van der Waals surface area contributed by atoms with E-state index in [0.29, 0.717) is 36.5 Å². The van der Waals surface area contributed by atoms with Crippen molar-refractivity contribution in [3.05, 3.63) is 139 Å². The number of methoxy groups -OCH3 is 1. The molecule has 5 aromatic rings. The van der Waals surface area contributed by atoms with Gasteiger partial charge in [-0.25, -0.2) is 0 Å². The van der Waals surface area contributed by atoms with Gasteiger partial charge in [-0.15, -0.1) is 0 Å². The summed E-state index contributed by atoms with van der Waals surface area (Å²) in [5.41, 5.74) is 5.49. The van der Waals surface area contributed by atoms with Gasteiger partial charge >= 0.3 is 0 Å². The molecule has 6 rings (SSSR count). The Hall–Kier alpha value is -5.56. The summed E-state index contributed by atoms with van der Waals surface area (Å²) in [5.74, 6) is 1.30. The highest BCUT2D eigenvalue weighted by atomic mass is 16.5. The van der Waals surface area contributed by atoms with Crippen LogP contribution in [0.2, 0.25) is 0 Å². The number of nitrogens with one attached hydrogen (secondary N) is 1. The van der Waals surface area contributed by atoms with Crippen LogP contribution in [-0.4, -0.2) is 45.2 Å². The summed E-state index contributed by atoms with van der Waals surface area (Å²) in [5, 5.41) is 2.99. The molecule has 1 aliphatic heterocycles. The molecule has 45 heavy (non-hydrogen) atoms. The zero-order valence-electron chi connectivity index (χ0n) is 25.2. The molecule has 5 aromatic carbocycles. The number of carbonyl (C=O) groups excluding carboxylic acids is 2. The van der Waals surface area contributed by atoms with E-state index in [1.807, 2.05) is 102 Å². The van der Waals surface area contributed by atoms with Crippen LogP contribution in [0.15, 0.2) is 127 Å². The molecule has 0 unspecified atom stereocenters. The second kappa shape index (κ2) is 13.8. The maximum atomic E-state index is 13.8. The van der Waals surface area contributed by atoms with Gasteiger partial charge in [0.1, 0.15) is 18.1 Å². The number of fused-ring (bicyclic) bond motifs is 1. The van der Waals surface area contributed by atoms with E-state index in [4.69, 9.17) is 9.47 Å². The molecule has 0 saturated carbocycles. The van der Waals surface area contributed by atoms with Crippen molar-refractivity contribution in [3.63, 3.8) is 0 Å². The van der Waals surface area contributed by atoms with Crippen molar-refractivity contribution in [2.24, 2.45) is 0 Å². The van der Waals surface area contributed by atoms with Gasteiger partial charge in [0.05, 0.1) is 25.0 Å². The Bertz CT molecular complexity index is 1750. The lowest BCUT2D eigenvalue weighted by Crippen LogP contribution is -2.31. The number of anilines is 3. The number of benzene rings is 5. The normalized spacial score (nSPS) is 12.6. The van der Waals surface area contributed by atoms with Gasteiger partial charge in [0.2, 0.25) is 0 Å². The fraction of sp³-hybridized carbons (Fsp3) is 0.158. The van der Waals surface area contributed by atoms with Crippen LogP contribution in [0.4, 0.5) is 17.1 Å². The van der Waals surface area contributed by atoms with E-state index < -0.39 is 0 Å². The predicted molar refractivity (Wildman–Crippen MR) is 180 cm³/mol. The third-order valence-corrected chi connectivity index (χ3v) is 7.90. The van der Waals surface area contributed by atoms with Gasteiger partial charge in [-0.2, -0.15) is 0 Å². The van der Waals surface area contributed by atoms with Crippen LogP contribution < -0.4 is 24.6 Å². The van der Waals surface area contributed by atoms with Crippen molar-refractivity contribution in [3.8, 4) is 22.6 Å². The molecule has 7 heteroatoms. The molecule has 0 saturated heterocycles. The van der Waals surface area contributed by atoms with Gasteiger partial charge in [0.15, 0.2) is 0 Å². The fourth-order valence-corrected chi connectivity index (χ4v) is 5.61. The minimum Gasteiger partial charge on any atom is -0.497 e. The number of amides is 2. The highest BCUT2D eigenvalue weighted by Gasteiger charge is 2.25. The molecule has 1 N–H and O–H groups in total. The van der Waals surface area contributed by atoms with Crippen molar-refractivity contribution < 1.29 is 19.1 Å². The number of hydrogen-bond donors (Lipinski definition) is 1. The summed E-state index contributed by atoms with van der Waals surface area (Å²) in [4.78, 5) is 31.2. The van der Waals surface area contributed by atoms with E-state index in [9.17, 15) is 9.59 Å². The molecule has 1 heterocycles. The summed E-state index contributed by atoms with van der Waals surface area (Å²) in [6.07, 6.45) is 0.817. The second-order valence-corrected chi connectivity index (χ2v) is 10.8. The highest BCUT2D eigenvalue weighted by Crippen LogP contribution is 2.33. The molecule has 7 nitrogen and oxygen atoms in total. The van der Waals surface area contributed by atoms with E-state index in [2.05, 4.69) is 16.3 Å². The Morgan fingerprint density at radius 3 is 2.13 bits per heavy atom. The Kier molecular flexibility index (Phi) is 9.06. The molecule has 0 radical (unpaired) electrons. The lowest BCUT2D eigenvalue weighted by molar-refractivity contribution is 0.0986. The summed E-state index contributed by atoms with van der Waals surface area (Å²) in [6.45, 7) is 2.60. The molecule has 0 aliphatic carbocycles. The monoisotopic (exact) mass is 597 g/mol. The van der Waals surface area contributed by atoms with Crippen LogP contribution in [0.1, 0.15) is 27.1 Å². The number of rotatable bonds is 9. The van der Waals surface area contributed by atoms with Crippen molar-refractivity contribution in [2.75, 3.05) is 48.5 Å². The van der Waals surface area contributed by atoms with Gasteiger partial charge in [-0.1, -0.05) is 60.7 Å². The van der Waals surface area contributed by atoms with Crippen LogP contribution in [0, 0.1) is 0 Å². The lowest BCUT2D eigenvalue weighted by atomic mass is 9.99. The predicted octanol–water partition coefficient (Wildman–Crippen LogP) is 7.55. The smallest absolute Gasteiger partial charge is 0.258 e. The van der Waals surface area contributed by atoms with E-state index in [1.165, 1.54) is 0 Å². The van der Waals surface area contributed by atoms with Crippen LogP contribution in [0.3, 0.4) is 0 Å². The first kappa shape index (κ1) is 29.5. The topological polar surface area (TPSA) is 71.1 Å². The molecule has 0 atom stereocenters. The number of ether oxygens (including phenoxy) is 2. The second-order valence-electron chi connectivity index (χ2n) is 10.8. The summed E-state index contributed by atoms with van der Waals surface area (Å²) < 4.78 is 11.2. The van der Waals surface area contributed by atoms with Crippen molar-refractivity contribution in [2.45, 2.75) is 6.42 Å². The molecule has 0 aromatic heterocycles. The van der Waals surface area contributed by atoms with Crippen LogP contribution >= 0.6 is 0 Å². The minimum absolute atomic E-state index is 0.0777. The molecule has 0 spiro atoms. The summed E-state index contributed by atoms with van der Waals surface area (Å²) >= 11 is 0. The van der Waals surface area contributed by atoms with Crippen LogP contribution in [0.25, 0.3) is 11.1 Å². The molecular weight excluding hydrogens is 562 g/mol. The number of hydrogen-bond acceptors (Lipinski definition) is 5. The van der Waals surface area contributed by atoms with E-state index in [-0.39, 0.29) is 11.8 Å². The third kappa shape index (κ3) is 6.83. The van der Waals surface area contributed by atoms with Gasteiger partial charge in [0.25, 0.3) is 11.8 Å². The summed E-state index contributed by atoms with van der Waals surface area (Å²) in [7, 11) is 1.64. The van der Waals surface area contributed by atoms with Gasteiger partial charge in [-0.3, -0.25) is 9.59 Å². The van der Waals surface area contributed by atoms with E-state index >= 15 is 0 Å². The van der Waals surface area contributed by atoms with Crippen molar-refractivity contribution in [1.82, 2.24) is 0 Å². The van der Waals surface area contributed by atoms with Crippen LogP contribution in [0.5, 0.6) is 11.5 Å². The zero-order valence-corrected chi connectivity index (χ0v) is 25.2. The first-order valence-corrected chi connectivity index (χ1v) is 15.1. The standard InChI is InChI=1S/C38H35N3O4/c1-44-31-20-22-32(23-21-31)45-27-26-40-24-9-25-41(36-15-8-7-14-35(36)40)38(43)29-16-18-30(19-17-29)39-37(42)34-13-6-5-12-33(34)28-10-3-2-4-11-28/h2-8,10-23H,9,24-27H2,1H3,(H,39,42). The van der Waals surface area contributed by atoms with Gasteiger partial charge in [-0.05, 0) is 84.3 Å². The van der Waals surface area contributed by atoms with E-state index in [1.54, 1.807) is 31.4 Å². The van der Waals surface area contributed by atoms with Crippen molar-refractivity contribution in [1.29, 1.82) is 0 Å². The van der Waals surface area contributed by atoms with E-state index in [0.717, 1.165) is 47.0 Å². The Morgan fingerprint density at radius 1 is 0.711 bits per heavy atom. The number of carbonyl (C=O) groups is 2. The fourth-order valence-electron chi connectivity index (χ4n) is 5.61. The largest absolute Gasteiger partial charge is 0.497 e. The third-order valence-electron chi connectivity index (χ3n) is 7.90. The van der Waals surface area contributed by atoms with Gasteiger partial charge in [0, 0.05) is 29.9 Å². The summed E-state index contributed by atoms with van der Waals surface area (Å²) in [6, 6.07) is 40.1. The molecule has 0 fully saturated rings. The number of nitrogens with zero attached hydrogens (tertiary/aromatic N) is 2. The van der Waals surface area contributed by atoms with Crippen LogP contribution in [-0.2, 0) is 0 Å². The highest BCUT2D eigenvalue weighted by molar-refractivity contribution is 6.10. The maximum absolute atomic E-state index is 13.8.